The molecule has 1 aromatic carbocycles. The highest BCUT2D eigenvalue weighted by Gasteiger charge is 2.40. The average Bonchev–Trinajstić information content (AvgIpc) is 3.43. The Balaban J connectivity index is 1.79. The summed E-state index contributed by atoms with van der Waals surface area (Å²) in [5.74, 6) is 0.656. The number of nitrogens with zero attached hydrogens (tertiary/aromatic N) is 7. The van der Waals surface area contributed by atoms with E-state index in [1.807, 2.05) is 6.07 Å². The van der Waals surface area contributed by atoms with Crippen LogP contribution in [0.2, 0.25) is 0 Å². The van der Waals surface area contributed by atoms with Gasteiger partial charge in [-0.25, -0.2) is 9.97 Å². The number of hydrogen-bond acceptors (Lipinski definition) is 7. The van der Waals surface area contributed by atoms with Gasteiger partial charge in [-0.1, -0.05) is 0 Å². The molecule has 0 spiro atoms. The zero-order valence-electron chi connectivity index (χ0n) is 17.3. The maximum Gasteiger partial charge on any atom is 0.418 e. The Morgan fingerprint density at radius 3 is 2.41 bits per heavy atom. The number of anilines is 1. The maximum atomic E-state index is 13.5. The summed E-state index contributed by atoms with van der Waals surface area (Å²) in [6, 6.07) is 5.09. The zero-order valence-corrected chi connectivity index (χ0v) is 18.2. The summed E-state index contributed by atoms with van der Waals surface area (Å²) in [5.41, 5.74) is -3.10. The number of aromatic nitrogens is 5. The van der Waals surface area contributed by atoms with Gasteiger partial charge in [0.25, 0.3) is 0 Å². The van der Waals surface area contributed by atoms with Crippen molar-refractivity contribution in [3.63, 3.8) is 0 Å². The lowest BCUT2D eigenvalue weighted by molar-refractivity contribution is -0.142. The van der Waals surface area contributed by atoms with E-state index in [1.165, 1.54) is 41.3 Å². The lowest BCUT2D eigenvalue weighted by atomic mass is 10.0. The SMILES string of the molecule is C[C@@H](c1ncnn1-c1ccc(C#N)cn1)N(C)c1snc2c(C(F)(F)F)cc(C(F)(F)F)cc12. The van der Waals surface area contributed by atoms with Crippen molar-refractivity contribution in [2.24, 2.45) is 0 Å². The molecule has 3 heterocycles. The molecule has 0 aliphatic carbocycles. The average molecular weight is 497 g/mol. The van der Waals surface area contributed by atoms with E-state index in [9.17, 15) is 26.3 Å². The van der Waals surface area contributed by atoms with E-state index in [1.54, 1.807) is 6.92 Å². The number of fused-ring (bicyclic) bond motifs is 1. The summed E-state index contributed by atoms with van der Waals surface area (Å²) >= 11 is 0.652. The van der Waals surface area contributed by atoms with E-state index in [0.717, 1.165) is 0 Å². The van der Waals surface area contributed by atoms with E-state index in [4.69, 9.17) is 5.26 Å². The number of pyridine rings is 1. The van der Waals surface area contributed by atoms with Crippen LogP contribution in [0.4, 0.5) is 31.3 Å². The molecule has 0 bridgehead atoms. The maximum absolute atomic E-state index is 13.5. The van der Waals surface area contributed by atoms with Gasteiger partial charge in [-0.15, -0.1) is 0 Å². The van der Waals surface area contributed by atoms with Crippen LogP contribution in [0.3, 0.4) is 0 Å². The van der Waals surface area contributed by atoms with E-state index in [-0.39, 0.29) is 16.5 Å². The van der Waals surface area contributed by atoms with Crippen LogP contribution in [-0.4, -0.2) is 31.2 Å². The molecule has 0 aliphatic heterocycles. The number of hydrogen-bond donors (Lipinski definition) is 0. The molecule has 0 fully saturated rings. The molecule has 1 atom stereocenters. The van der Waals surface area contributed by atoms with E-state index in [0.29, 0.717) is 34.8 Å². The molecule has 0 N–H and O–H groups in total. The largest absolute Gasteiger partial charge is 0.418 e. The van der Waals surface area contributed by atoms with Crippen LogP contribution in [0, 0.1) is 11.3 Å². The van der Waals surface area contributed by atoms with Gasteiger partial charge in [0.05, 0.1) is 28.2 Å². The van der Waals surface area contributed by atoms with Gasteiger partial charge in [-0.3, -0.25) is 0 Å². The highest BCUT2D eigenvalue weighted by Crippen LogP contribution is 2.44. The minimum atomic E-state index is -5.02. The Labute approximate surface area is 192 Å². The number of nitriles is 1. The van der Waals surface area contributed by atoms with Gasteiger partial charge >= 0.3 is 12.4 Å². The molecule has 4 rings (SSSR count). The summed E-state index contributed by atoms with van der Waals surface area (Å²) in [6.07, 6.45) is -7.41. The van der Waals surface area contributed by atoms with E-state index < -0.39 is 35.0 Å². The fraction of sp³-hybridized carbons (Fsp3) is 0.250. The molecule has 7 nitrogen and oxygen atoms in total. The minimum absolute atomic E-state index is 0.0719. The summed E-state index contributed by atoms with van der Waals surface area (Å²) in [6.45, 7) is 1.66. The Kier molecular flexibility index (Phi) is 5.68. The van der Waals surface area contributed by atoms with Gasteiger partial charge in [0.2, 0.25) is 0 Å². The molecule has 0 unspecified atom stereocenters. The predicted octanol–water partition coefficient (Wildman–Crippen LogP) is 5.38. The third kappa shape index (κ3) is 4.14. The van der Waals surface area contributed by atoms with E-state index in [2.05, 4.69) is 19.4 Å². The molecule has 4 aromatic rings. The Morgan fingerprint density at radius 2 is 1.82 bits per heavy atom. The quantitative estimate of drug-likeness (QED) is 0.352. The second-order valence-electron chi connectivity index (χ2n) is 7.24. The van der Waals surface area contributed by atoms with Crippen molar-refractivity contribution in [2.75, 3.05) is 11.9 Å². The lowest BCUT2D eigenvalue weighted by Crippen LogP contribution is -2.24. The van der Waals surface area contributed by atoms with Gasteiger partial charge < -0.3 is 4.90 Å². The van der Waals surface area contributed by atoms with Crippen molar-refractivity contribution in [3.05, 3.63) is 59.3 Å². The van der Waals surface area contributed by atoms with Crippen LogP contribution < -0.4 is 4.90 Å². The van der Waals surface area contributed by atoms with Crippen molar-refractivity contribution in [1.29, 1.82) is 5.26 Å². The number of halogens is 6. The fourth-order valence-electron chi connectivity index (χ4n) is 3.31. The second kappa shape index (κ2) is 8.24. The van der Waals surface area contributed by atoms with Gasteiger partial charge in [0, 0.05) is 18.6 Å². The minimum Gasteiger partial charge on any atom is -0.355 e. The van der Waals surface area contributed by atoms with Crippen molar-refractivity contribution in [2.45, 2.75) is 25.3 Å². The smallest absolute Gasteiger partial charge is 0.355 e. The molecule has 0 aliphatic rings. The first-order valence-corrected chi connectivity index (χ1v) is 10.3. The van der Waals surface area contributed by atoms with Gasteiger partial charge in [-0.2, -0.15) is 45.8 Å². The fourth-order valence-corrected chi connectivity index (χ4v) is 4.22. The van der Waals surface area contributed by atoms with Crippen molar-refractivity contribution in [1.82, 2.24) is 24.1 Å². The van der Waals surface area contributed by atoms with Gasteiger partial charge in [-0.05, 0) is 42.7 Å². The standard InChI is InChI=1S/C20H13F6N7S/c1-10(17-29-9-30-33(17)15-4-3-11(7-27)8-28-15)32(2)18-13-5-12(19(21,22)23)6-14(20(24,25)26)16(13)31-34-18/h3-6,8-10H,1-2H3/t10-/m0/s1. The first kappa shape index (κ1) is 23.4. The normalized spacial score (nSPS) is 13.1. The third-order valence-electron chi connectivity index (χ3n) is 5.14. The molecule has 14 heteroatoms. The van der Waals surface area contributed by atoms with Crippen LogP contribution >= 0.6 is 11.5 Å². The summed E-state index contributed by atoms with van der Waals surface area (Å²) in [4.78, 5) is 9.81. The lowest BCUT2D eigenvalue weighted by Gasteiger charge is -2.25. The van der Waals surface area contributed by atoms with Crippen LogP contribution in [0.15, 0.2) is 36.8 Å². The van der Waals surface area contributed by atoms with Crippen molar-refractivity contribution < 1.29 is 26.3 Å². The first-order chi connectivity index (χ1) is 15.9. The highest BCUT2D eigenvalue weighted by atomic mass is 32.1. The summed E-state index contributed by atoms with van der Waals surface area (Å²) in [7, 11) is 1.51. The molecule has 0 radical (unpaired) electrons. The van der Waals surface area contributed by atoms with Crippen LogP contribution in [0.25, 0.3) is 16.7 Å². The number of rotatable bonds is 4. The van der Waals surface area contributed by atoms with Crippen LogP contribution in [0.1, 0.15) is 35.5 Å². The molecule has 3 aromatic heterocycles. The molecule has 0 amide bonds. The number of benzene rings is 1. The molecule has 176 valence electrons. The van der Waals surface area contributed by atoms with Crippen molar-refractivity contribution >= 4 is 27.4 Å². The molecular weight excluding hydrogens is 484 g/mol. The van der Waals surface area contributed by atoms with Gasteiger partial charge in [0.1, 0.15) is 17.4 Å². The summed E-state index contributed by atoms with van der Waals surface area (Å²) in [5, 5.41) is 12.9. The van der Waals surface area contributed by atoms with Crippen molar-refractivity contribution in [3.8, 4) is 11.9 Å². The molecular formula is C20H13F6N7S. The zero-order chi connectivity index (χ0) is 24.8. The Hall–Kier alpha value is -3.73. The molecule has 0 saturated carbocycles. The van der Waals surface area contributed by atoms with Crippen LogP contribution in [-0.2, 0) is 12.4 Å². The van der Waals surface area contributed by atoms with E-state index >= 15 is 0 Å². The molecule has 34 heavy (non-hydrogen) atoms. The first-order valence-electron chi connectivity index (χ1n) is 9.49. The predicted molar refractivity (Wildman–Crippen MR) is 110 cm³/mol. The van der Waals surface area contributed by atoms with Gasteiger partial charge in [0.15, 0.2) is 11.6 Å². The Bertz CT molecular complexity index is 1380. The monoisotopic (exact) mass is 497 g/mol. The van der Waals surface area contributed by atoms with Crippen LogP contribution in [0.5, 0.6) is 0 Å². The topological polar surface area (TPSA) is 83.5 Å². The number of alkyl halides is 6. The summed E-state index contributed by atoms with van der Waals surface area (Å²) < 4.78 is 85.8. The third-order valence-corrected chi connectivity index (χ3v) is 6.09. The Morgan fingerprint density at radius 1 is 1.09 bits per heavy atom. The second-order valence-corrected chi connectivity index (χ2v) is 7.99. The highest BCUT2D eigenvalue weighted by molar-refractivity contribution is 7.11. The molecule has 0 saturated heterocycles.